The zero-order valence-electron chi connectivity index (χ0n) is 12.9. The summed E-state index contributed by atoms with van der Waals surface area (Å²) in [5, 5.41) is 0. The van der Waals surface area contributed by atoms with E-state index in [0.29, 0.717) is 24.8 Å². The number of benzene rings is 1. The molecule has 0 radical (unpaired) electrons. The summed E-state index contributed by atoms with van der Waals surface area (Å²) >= 11 is 0. The second-order valence-electron chi connectivity index (χ2n) is 5.70. The second kappa shape index (κ2) is 7.15. The van der Waals surface area contributed by atoms with Gasteiger partial charge in [-0.2, -0.15) is 13.2 Å². The van der Waals surface area contributed by atoms with E-state index in [1.807, 2.05) is 0 Å². The Hall–Kier alpha value is -1.85. The molecule has 0 N–H and O–H groups in total. The van der Waals surface area contributed by atoms with Crippen LogP contribution in [0, 0.1) is 0 Å². The van der Waals surface area contributed by atoms with Gasteiger partial charge in [-0.05, 0) is 42.9 Å². The standard InChI is InChI=1S/C17H19F3O3/c1-2-23-16(22)8-6-11-3-4-13(10-15(11)17(18,19)20)12-5-7-14(21)9-12/h3-4,10,12H,2,5-9H2,1H3. The summed E-state index contributed by atoms with van der Waals surface area (Å²) in [6.45, 7) is 1.86. The Bertz CT molecular complexity index is 593. The molecule has 0 aliphatic heterocycles. The summed E-state index contributed by atoms with van der Waals surface area (Å²) in [5.41, 5.74) is -0.0969. The van der Waals surface area contributed by atoms with Crippen molar-refractivity contribution in [3.63, 3.8) is 0 Å². The number of Topliss-reactive ketones (excluding diaryl/α,β-unsaturated/α-hetero) is 1. The van der Waals surface area contributed by atoms with E-state index in [2.05, 4.69) is 0 Å². The molecule has 2 rings (SSSR count). The van der Waals surface area contributed by atoms with Crippen LogP contribution in [0.1, 0.15) is 55.2 Å². The van der Waals surface area contributed by atoms with Gasteiger partial charge in [0, 0.05) is 19.3 Å². The minimum atomic E-state index is -4.48. The average molecular weight is 328 g/mol. The Morgan fingerprint density at radius 3 is 2.65 bits per heavy atom. The number of esters is 1. The molecule has 1 aromatic rings. The SMILES string of the molecule is CCOC(=O)CCc1ccc(C2CCC(=O)C2)cc1C(F)(F)F. The Balaban J connectivity index is 2.21. The highest BCUT2D eigenvalue weighted by atomic mass is 19.4. The normalized spacial score (nSPS) is 18.3. The monoisotopic (exact) mass is 328 g/mol. The van der Waals surface area contributed by atoms with Gasteiger partial charge in [0.05, 0.1) is 12.2 Å². The molecule has 0 aromatic heterocycles. The highest BCUT2D eigenvalue weighted by molar-refractivity contribution is 5.81. The van der Waals surface area contributed by atoms with Gasteiger partial charge in [0.15, 0.2) is 0 Å². The number of aryl methyl sites for hydroxylation is 1. The summed E-state index contributed by atoms with van der Waals surface area (Å²) in [6, 6.07) is 4.18. The third-order valence-corrected chi connectivity index (χ3v) is 4.06. The van der Waals surface area contributed by atoms with E-state index in [1.54, 1.807) is 13.0 Å². The average Bonchev–Trinajstić information content (AvgIpc) is 2.91. The quantitative estimate of drug-likeness (QED) is 0.766. The van der Waals surface area contributed by atoms with Crippen LogP contribution >= 0.6 is 0 Å². The van der Waals surface area contributed by atoms with E-state index < -0.39 is 17.7 Å². The number of halogens is 3. The lowest BCUT2D eigenvalue weighted by Crippen LogP contribution is -2.13. The molecular formula is C17H19F3O3. The van der Waals surface area contributed by atoms with Crippen LogP contribution in [0.2, 0.25) is 0 Å². The lowest BCUT2D eigenvalue weighted by Gasteiger charge is -2.17. The first-order valence-electron chi connectivity index (χ1n) is 7.68. The van der Waals surface area contributed by atoms with Gasteiger partial charge in [0.2, 0.25) is 0 Å². The Morgan fingerprint density at radius 2 is 2.09 bits per heavy atom. The van der Waals surface area contributed by atoms with E-state index in [4.69, 9.17) is 4.74 Å². The molecule has 3 nitrogen and oxygen atoms in total. The van der Waals surface area contributed by atoms with E-state index in [-0.39, 0.29) is 36.7 Å². The predicted molar refractivity (Wildman–Crippen MR) is 78.0 cm³/mol. The fraction of sp³-hybridized carbons (Fsp3) is 0.529. The van der Waals surface area contributed by atoms with E-state index in [0.717, 1.165) is 6.07 Å². The van der Waals surface area contributed by atoms with E-state index in [1.165, 1.54) is 6.07 Å². The first-order valence-corrected chi connectivity index (χ1v) is 7.68. The molecular weight excluding hydrogens is 309 g/mol. The van der Waals surface area contributed by atoms with Gasteiger partial charge in [-0.1, -0.05) is 12.1 Å². The van der Waals surface area contributed by atoms with Crippen LogP contribution in [-0.2, 0) is 26.9 Å². The van der Waals surface area contributed by atoms with Crippen molar-refractivity contribution in [1.29, 1.82) is 0 Å². The number of carbonyl (C=O) groups is 2. The van der Waals surface area contributed by atoms with Crippen LogP contribution in [0.15, 0.2) is 18.2 Å². The van der Waals surface area contributed by atoms with Gasteiger partial charge in [-0.25, -0.2) is 0 Å². The summed E-state index contributed by atoms with van der Waals surface area (Å²) in [5.74, 6) is -0.552. The van der Waals surface area contributed by atoms with Gasteiger partial charge in [-0.3, -0.25) is 9.59 Å². The Labute approximate surface area is 132 Å². The maximum Gasteiger partial charge on any atom is 0.416 e. The van der Waals surface area contributed by atoms with Crippen molar-refractivity contribution in [1.82, 2.24) is 0 Å². The maximum atomic E-state index is 13.3. The molecule has 0 heterocycles. The van der Waals surface area contributed by atoms with E-state index >= 15 is 0 Å². The van der Waals surface area contributed by atoms with Crippen molar-refractivity contribution < 1.29 is 27.5 Å². The molecule has 0 saturated heterocycles. The first-order chi connectivity index (χ1) is 10.8. The zero-order valence-corrected chi connectivity index (χ0v) is 12.9. The lowest BCUT2D eigenvalue weighted by atomic mass is 9.92. The molecule has 0 spiro atoms. The minimum Gasteiger partial charge on any atom is -0.466 e. The van der Waals surface area contributed by atoms with Crippen molar-refractivity contribution >= 4 is 11.8 Å². The number of ketones is 1. The number of carbonyl (C=O) groups excluding carboxylic acids is 2. The van der Waals surface area contributed by atoms with Crippen molar-refractivity contribution in [3.8, 4) is 0 Å². The first kappa shape index (κ1) is 17.5. The maximum absolute atomic E-state index is 13.3. The fourth-order valence-corrected chi connectivity index (χ4v) is 2.90. The topological polar surface area (TPSA) is 43.4 Å². The molecule has 1 aromatic carbocycles. The third kappa shape index (κ3) is 4.56. The molecule has 1 atom stereocenters. The molecule has 1 saturated carbocycles. The number of hydrogen-bond acceptors (Lipinski definition) is 3. The number of rotatable bonds is 5. The van der Waals surface area contributed by atoms with Crippen LogP contribution in [0.5, 0.6) is 0 Å². The van der Waals surface area contributed by atoms with Crippen LogP contribution < -0.4 is 0 Å². The third-order valence-electron chi connectivity index (χ3n) is 4.06. The zero-order chi connectivity index (χ0) is 17.0. The number of hydrogen-bond donors (Lipinski definition) is 0. The van der Waals surface area contributed by atoms with E-state index in [9.17, 15) is 22.8 Å². The Kier molecular flexibility index (Phi) is 5.44. The Morgan fingerprint density at radius 1 is 1.35 bits per heavy atom. The molecule has 6 heteroatoms. The molecule has 0 bridgehead atoms. The minimum absolute atomic E-state index is 0.0163. The van der Waals surface area contributed by atoms with Crippen LogP contribution in [0.3, 0.4) is 0 Å². The van der Waals surface area contributed by atoms with Gasteiger partial charge >= 0.3 is 12.1 Å². The molecule has 23 heavy (non-hydrogen) atoms. The largest absolute Gasteiger partial charge is 0.466 e. The van der Waals surface area contributed by atoms with Crippen LogP contribution in [0.25, 0.3) is 0 Å². The van der Waals surface area contributed by atoms with Gasteiger partial charge in [0.1, 0.15) is 5.78 Å². The molecule has 1 aliphatic carbocycles. The number of ether oxygens (including phenoxy) is 1. The van der Waals surface area contributed by atoms with Crippen molar-refractivity contribution in [2.75, 3.05) is 6.61 Å². The molecule has 1 aliphatic rings. The van der Waals surface area contributed by atoms with Gasteiger partial charge in [0.25, 0.3) is 0 Å². The van der Waals surface area contributed by atoms with Crippen molar-refractivity contribution in [3.05, 3.63) is 34.9 Å². The van der Waals surface area contributed by atoms with Crippen LogP contribution in [0.4, 0.5) is 13.2 Å². The lowest BCUT2D eigenvalue weighted by molar-refractivity contribution is -0.144. The fourth-order valence-electron chi connectivity index (χ4n) is 2.90. The highest BCUT2D eigenvalue weighted by Crippen LogP contribution is 2.38. The summed E-state index contributed by atoms with van der Waals surface area (Å²) in [7, 11) is 0. The smallest absolute Gasteiger partial charge is 0.416 e. The molecule has 1 unspecified atom stereocenters. The van der Waals surface area contributed by atoms with Crippen LogP contribution in [-0.4, -0.2) is 18.4 Å². The molecule has 126 valence electrons. The summed E-state index contributed by atoms with van der Waals surface area (Å²) in [6.07, 6.45) is -3.26. The molecule has 1 fully saturated rings. The van der Waals surface area contributed by atoms with Gasteiger partial charge in [-0.15, -0.1) is 0 Å². The second-order valence-corrected chi connectivity index (χ2v) is 5.70. The van der Waals surface area contributed by atoms with Crippen molar-refractivity contribution in [2.45, 2.75) is 51.1 Å². The highest BCUT2D eigenvalue weighted by Gasteiger charge is 2.34. The van der Waals surface area contributed by atoms with Gasteiger partial charge < -0.3 is 4.74 Å². The number of alkyl halides is 3. The van der Waals surface area contributed by atoms with Crippen molar-refractivity contribution in [2.24, 2.45) is 0 Å². The predicted octanol–water partition coefficient (Wildman–Crippen LogP) is 4.04. The summed E-state index contributed by atoms with van der Waals surface area (Å²) < 4.78 is 44.6. The summed E-state index contributed by atoms with van der Waals surface area (Å²) in [4.78, 5) is 22.7. The molecule has 0 amide bonds.